The van der Waals surface area contributed by atoms with E-state index in [1.165, 1.54) is 24.3 Å². The highest BCUT2D eigenvalue weighted by atomic mass is 32.2. The molecule has 0 radical (unpaired) electrons. The number of rotatable bonds is 5. The Hall–Kier alpha value is -1.58. The van der Waals surface area contributed by atoms with Crippen LogP contribution in [0.2, 0.25) is 0 Å². The molecular weight excluding hydrogens is 348 g/mol. The molecule has 23 heavy (non-hydrogen) atoms. The molecule has 0 amide bonds. The quantitative estimate of drug-likeness (QED) is 0.581. The van der Waals surface area contributed by atoms with Crippen LogP contribution in [0, 0.1) is 12.8 Å². The van der Waals surface area contributed by atoms with E-state index in [1.807, 2.05) is 0 Å². The number of benzene rings is 1. The summed E-state index contributed by atoms with van der Waals surface area (Å²) in [6.45, 7) is 1.68. The number of alkyl halides is 6. The maximum Gasteiger partial charge on any atom is 0.389 e. The minimum atomic E-state index is -4.87. The maximum atomic E-state index is 12.3. The summed E-state index contributed by atoms with van der Waals surface area (Å²) in [7, 11) is -4.35. The molecule has 0 fully saturated rings. The van der Waals surface area contributed by atoms with E-state index in [0.29, 0.717) is 0 Å². The molecule has 0 heterocycles. The third-order valence-corrected chi connectivity index (χ3v) is 3.98. The molecule has 0 atom stereocenters. The largest absolute Gasteiger partial charge is 0.389 e. The summed E-state index contributed by atoms with van der Waals surface area (Å²) in [6, 6.07) is 5.21. The average Bonchev–Trinajstić information content (AvgIpc) is 2.33. The molecule has 0 aliphatic rings. The highest BCUT2D eigenvalue weighted by Crippen LogP contribution is 2.32. The number of nitrogens with zero attached hydrogens (tertiary/aromatic N) is 1. The van der Waals surface area contributed by atoms with Crippen molar-refractivity contribution in [2.75, 3.05) is 0 Å². The van der Waals surface area contributed by atoms with Crippen LogP contribution >= 0.6 is 0 Å². The second kappa shape index (κ2) is 6.90. The Morgan fingerprint density at radius 1 is 1.00 bits per heavy atom. The molecule has 0 aliphatic heterocycles. The van der Waals surface area contributed by atoms with Gasteiger partial charge in [0.15, 0.2) is 0 Å². The van der Waals surface area contributed by atoms with Crippen LogP contribution in [-0.4, -0.2) is 27.0 Å². The molecule has 0 unspecified atom stereocenters. The molecule has 0 bridgehead atoms. The number of hydrogen-bond donors (Lipinski definition) is 0. The van der Waals surface area contributed by atoms with Crippen molar-refractivity contribution in [3.8, 4) is 0 Å². The van der Waals surface area contributed by atoms with Crippen molar-refractivity contribution in [3.63, 3.8) is 0 Å². The van der Waals surface area contributed by atoms with Gasteiger partial charge in [-0.15, -0.1) is 0 Å². The fraction of sp³-hybridized carbons (Fsp3) is 0.462. The molecule has 0 aliphatic carbocycles. The summed E-state index contributed by atoms with van der Waals surface area (Å²) in [4.78, 5) is -0.308. The average molecular weight is 361 g/mol. The summed E-state index contributed by atoms with van der Waals surface area (Å²) < 4.78 is 100. The topological polar surface area (TPSA) is 46.5 Å². The van der Waals surface area contributed by atoms with E-state index in [0.717, 1.165) is 5.56 Å². The first kappa shape index (κ1) is 19.5. The Kier molecular flexibility index (Phi) is 5.84. The van der Waals surface area contributed by atoms with Crippen molar-refractivity contribution in [2.24, 2.45) is 10.3 Å². The smallest absolute Gasteiger partial charge is 0.199 e. The molecule has 1 aromatic rings. The number of aryl methyl sites for hydroxylation is 1. The van der Waals surface area contributed by atoms with Crippen molar-refractivity contribution in [3.05, 3.63) is 29.8 Å². The highest BCUT2D eigenvalue weighted by Gasteiger charge is 2.38. The first-order valence-corrected chi connectivity index (χ1v) is 7.73. The molecule has 0 spiro atoms. The number of sulfonamides is 1. The van der Waals surface area contributed by atoms with Crippen LogP contribution in [0.1, 0.15) is 18.4 Å². The van der Waals surface area contributed by atoms with Gasteiger partial charge in [-0.25, -0.2) is 0 Å². The Morgan fingerprint density at radius 2 is 1.43 bits per heavy atom. The molecule has 10 heteroatoms. The lowest BCUT2D eigenvalue weighted by molar-refractivity contribution is -0.164. The van der Waals surface area contributed by atoms with Crippen LogP contribution in [0.5, 0.6) is 0 Å². The summed E-state index contributed by atoms with van der Waals surface area (Å²) in [6.07, 6.45) is -13.1. The summed E-state index contributed by atoms with van der Waals surface area (Å²) >= 11 is 0. The van der Waals surface area contributed by atoms with Crippen molar-refractivity contribution in [2.45, 2.75) is 37.0 Å². The van der Waals surface area contributed by atoms with Crippen molar-refractivity contribution in [1.82, 2.24) is 0 Å². The lowest BCUT2D eigenvalue weighted by Crippen LogP contribution is -2.22. The van der Waals surface area contributed by atoms with Crippen molar-refractivity contribution in [1.29, 1.82) is 0 Å². The standard InChI is InChI=1S/C13H13F6NO2S/c1-9-2-4-11(5-3-9)23(21,22)20-8-10(6-12(14,15)16)7-13(17,18)19/h2-5,8,10H,6-7H2,1H3. The van der Waals surface area contributed by atoms with E-state index >= 15 is 0 Å². The van der Waals surface area contributed by atoms with Gasteiger partial charge in [-0.1, -0.05) is 17.7 Å². The van der Waals surface area contributed by atoms with Gasteiger partial charge in [-0.2, -0.15) is 39.2 Å². The second-order valence-corrected chi connectivity index (χ2v) is 6.57. The zero-order chi connectivity index (χ0) is 17.9. The molecule has 0 aromatic heterocycles. The fourth-order valence-corrected chi connectivity index (χ4v) is 2.64. The van der Waals surface area contributed by atoms with E-state index in [-0.39, 0.29) is 11.1 Å². The van der Waals surface area contributed by atoms with E-state index in [9.17, 15) is 34.8 Å². The van der Waals surface area contributed by atoms with Crippen molar-refractivity contribution >= 4 is 16.2 Å². The Labute approximate surface area is 129 Å². The fourth-order valence-electron chi connectivity index (χ4n) is 1.71. The SMILES string of the molecule is Cc1ccc(S(=O)(=O)N=CC(CC(F)(F)F)CC(F)(F)F)cc1. The third-order valence-electron chi connectivity index (χ3n) is 2.72. The van der Waals surface area contributed by atoms with Crippen LogP contribution in [0.4, 0.5) is 26.3 Å². The molecule has 0 N–H and O–H groups in total. The van der Waals surface area contributed by atoms with Crippen LogP contribution in [0.3, 0.4) is 0 Å². The monoisotopic (exact) mass is 361 g/mol. The van der Waals surface area contributed by atoms with Gasteiger partial charge in [0, 0.05) is 12.1 Å². The number of halogens is 6. The highest BCUT2D eigenvalue weighted by molar-refractivity contribution is 7.90. The van der Waals surface area contributed by atoms with Gasteiger partial charge < -0.3 is 0 Å². The molecule has 130 valence electrons. The first-order valence-electron chi connectivity index (χ1n) is 6.29. The predicted octanol–water partition coefficient (Wildman–Crippen LogP) is 4.28. The molecule has 1 rings (SSSR count). The summed E-state index contributed by atoms with van der Waals surface area (Å²) in [5, 5.41) is 0. The molecule has 3 nitrogen and oxygen atoms in total. The Bertz CT molecular complexity index is 631. The lowest BCUT2D eigenvalue weighted by Gasteiger charge is -2.16. The van der Waals surface area contributed by atoms with E-state index in [4.69, 9.17) is 0 Å². The normalized spacial score (nSPS) is 13.9. The van der Waals surface area contributed by atoms with Gasteiger partial charge in [0.05, 0.1) is 17.7 Å². The van der Waals surface area contributed by atoms with E-state index in [1.54, 1.807) is 6.92 Å². The Balaban J connectivity index is 3.00. The first-order chi connectivity index (χ1) is 10.3. The zero-order valence-electron chi connectivity index (χ0n) is 11.8. The number of hydrogen-bond acceptors (Lipinski definition) is 2. The second-order valence-electron chi connectivity index (χ2n) is 4.94. The van der Waals surface area contributed by atoms with Gasteiger partial charge in [0.2, 0.25) is 0 Å². The summed E-state index contributed by atoms with van der Waals surface area (Å²) in [5.74, 6) is -2.10. The van der Waals surface area contributed by atoms with Crippen LogP contribution in [0.15, 0.2) is 33.6 Å². The molecular formula is C13H13F6NO2S. The van der Waals surface area contributed by atoms with Crippen molar-refractivity contribution < 1.29 is 34.8 Å². The minimum Gasteiger partial charge on any atom is -0.199 e. The van der Waals surface area contributed by atoms with E-state index < -0.39 is 41.1 Å². The summed E-state index contributed by atoms with van der Waals surface area (Å²) in [5.41, 5.74) is 0.736. The van der Waals surface area contributed by atoms with Crippen LogP contribution in [0.25, 0.3) is 0 Å². The Morgan fingerprint density at radius 3 is 1.83 bits per heavy atom. The van der Waals surface area contributed by atoms with Gasteiger partial charge in [-0.05, 0) is 19.1 Å². The van der Waals surface area contributed by atoms with Gasteiger partial charge >= 0.3 is 12.4 Å². The van der Waals surface area contributed by atoms with Crippen LogP contribution in [-0.2, 0) is 10.0 Å². The minimum absolute atomic E-state index is 0.205. The maximum absolute atomic E-state index is 12.3. The predicted molar refractivity (Wildman–Crippen MR) is 71.7 cm³/mol. The van der Waals surface area contributed by atoms with Gasteiger partial charge in [-0.3, -0.25) is 0 Å². The molecule has 0 saturated carbocycles. The lowest BCUT2D eigenvalue weighted by atomic mass is 10.0. The molecule has 1 aromatic carbocycles. The van der Waals surface area contributed by atoms with Crippen LogP contribution < -0.4 is 0 Å². The molecule has 0 saturated heterocycles. The zero-order valence-corrected chi connectivity index (χ0v) is 12.6. The van der Waals surface area contributed by atoms with Gasteiger partial charge in [0.25, 0.3) is 10.0 Å². The van der Waals surface area contributed by atoms with E-state index in [2.05, 4.69) is 4.40 Å². The van der Waals surface area contributed by atoms with Gasteiger partial charge in [0.1, 0.15) is 0 Å². The third kappa shape index (κ3) is 7.49.